The van der Waals surface area contributed by atoms with Crippen molar-refractivity contribution in [2.24, 2.45) is 0 Å². The van der Waals surface area contributed by atoms with Gasteiger partial charge in [-0.1, -0.05) is 24.6 Å². The van der Waals surface area contributed by atoms with Gasteiger partial charge >= 0.3 is 12.0 Å². The summed E-state index contributed by atoms with van der Waals surface area (Å²) in [7, 11) is 0. The summed E-state index contributed by atoms with van der Waals surface area (Å²) in [6.45, 7) is 2.43. The lowest BCUT2D eigenvalue weighted by molar-refractivity contribution is 0.0698. The number of rotatable bonds is 4. The van der Waals surface area contributed by atoms with Crippen molar-refractivity contribution < 1.29 is 14.7 Å². The van der Waals surface area contributed by atoms with Crippen molar-refractivity contribution in [1.82, 2.24) is 5.32 Å². The number of carboxylic acids is 1. The first-order valence-electron chi connectivity index (χ1n) is 5.13. The zero-order valence-electron chi connectivity index (χ0n) is 9.29. The monoisotopic (exact) mass is 256 g/mol. The highest BCUT2D eigenvalue weighted by Crippen LogP contribution is 2.25. The molecule has 0 saturated carbocycles. The first-order chi connectivity index (χ1) is 8.06. The summed E-state index contributed by atoms with van der Waals surface area (Å²) in [5, 5.41) is 14.1. The van der Waals surface area contributed by atoms with Crippen LogP contribution in [0.3, 0.4) is 0 Å². The first kappa shape index (κ1) is 13.3. The summed E-state index contributed by atoms with van der Waals surface area (Å²) < 4.78 is 0. The number of urea groups is 1. The predicted octanol–water partition coefficient (Wildman–Crippen LogP) is 2.57. The Hall–Kier alpha value is -1.75. The van der Waals surface area contributed by atoms with Crippen LogP contribution in [0.1, 0.15) is 23.7 Å². The van der Waals surface area contributed by atoms with E-state index in [-0.39, 0.29) is 16.3 Å². The molecule has 5 nitrogen and oxygen atoms in total. The van der Waals surface area contributed by atoms with Crippen LogP contribution >= 0.6 is 11.6 Å². The molecule has 17 heavy (non-hydrogen) atoms. The van der Waals surface area contributed by atoms with Gasteiger partial charge in [-0.25, -0.2) is 9.59 Å². The van der Waals surface area contributed by atoms with Crippen LogP contribution in [0.5, 0.6) is 0 Å². The maximum absolute atomic E-state index is 11.4. The van der Waals surface area contributed by atoms with Crippen molar-refractivity contribution >= 4 is 29.3 Å². The quantitative estimate of drug-likeness (QED) is 0.775. The molecule has 3 N–H and O–H groups in total. The van der Waals surface area contributed by atoms with E-state index >= 15 is 0 Å². The molecule has 0 saturated heterocycles. The van der Waals surface area contributed by atoms with Crippen LogP contribution in [0.4, 0.5) is 10.5 Å². The summed E-state index contributed by atoms with van der Waals surface area (Å²) in [4.78, 5) is 22.4. The van der Waals surface area contributed by atoms with Gasteiger partial charge in [0.15, 0.2) is 0 Å². The number of carbonyl (C=O) groups excluding carboxylic acids is 1. The second-order valence-electron chi connectivity index (χ2n) is 3.35. The third kappa shape index (κ3) is 3.64. The van der Waals surface area contributed by atoms with Crippen LogP contribution in [0.2, 0.25) is 5.02 Å². The Bertz CT molecular complexity index is 435. The van der Waals surface area contributed by atoms with E-state index in [1.807, 2.05) is 6.92 Å². The van der Waals surface area contributed by atoms with E-state index in [0.717, 1.165) is 6.42 Å². The van der Waals surface area contributed by atoms with Crippen LogP contribution in [-0.4, -0.2) is 23.7 Å². The number of amides is 2. The molecule has 0 aliphatic heterocycles. The molecule has 0 spiro atoms. The highest BCUT2D eigenvalue weighted by Gasteiger charge is 2.14. The number of anilines is 1. The van der Waals surface area contributed by atoms with E-state index in [0.29, 0.717) is 6.54 Å². The SMILES string of the molecule is CCCNC(=O)Nc1c(Cl)cccc1C(=O)O. The van der Waals surface area contributed by atoms with Crippen LogP contribution in [0, 0.1) is 0 Å². The average Bonchev–Trinajstić information content (AvgIpc) is 2.28. The Morgan fingerprint density at radius 2 is 2.12 bits per heavy atom. The van der Waals surface area contributed by atoms with Crippen LogP contribution in [0.25, 0.3) is 0 Å². The Morgan fingerprint density at radius 3 is 2.71 bits per heavy atom. The van der Waals surface area contributed by atoms with E-state index in [4.69, 9.17) is 16.7 Å². The minimum absolute atomic E-state index is 0.0378. The Balaban J connectivity index is 2.89. The van der Waals surface area contributed by atoms with Crippen molar-refractivity contribution in [2.45, 2.75) is 13.3 Å². The maximum Gasteiger partial charge on any atom is 0.337 e. The number of carboxylic acid groups (broad SMARTS) is 1. The number of carbonyl (C=O) groups is 2. The number of nitrogens with one attached hydrogen (secondary N) is 2. The van der Waals surface area contributed by atoms with Gasteiger partial charge in [0.1, 0.15) is 0 Å². The number of benzene rings is 1. The molecule has 0 radical (unpaired) electrons. The van der Waals surface area contributed by atoms with Crippen molar-refractivity contribution in [3.63, 3.8) is 0 Å². The van der Waals surface area contributed by atoms with E-state index < -0.39 is 12.0 Å². The van der Waals surface area contributed by atoms with Crippen molar-refractivity contribution in [2.75, 3.05) is 11.9 Å². The topological polar surface area (TPSA) is 78.4 Å². The van der Waals surface area contributed by atoms with Crippen molar-refractivity contribution in [1.29, 1.82) is 0 Å². The molecule has 1 rings (SSSR count). The lowest BCUT2D eigenvalue weighted by Gasteiger charge is -2.10. The second-order valence-corrected chi connectivity index (χ2v) is 3.76. The number of hydrogen-bond donors (Lipinski definition) is 3. The van der Waals surface area contributed by atoms with Crippen molar-refractivity contribution in [3.8, 4) is 0 Å². The number of para-hydroxylation sites is 1. The van der Waals surface area contributed by atoms with E-state index in [1.165, 1.54) is 18.2 Å². The molecule has 0 aliphatic carbocycles. The molecule has 1 aromatic carbocycles. The fraction of sp³-hybridized carbons (Fsp3) is 0.273. The molecule has 2 amide bonds. The normalized spacial score (nSPS) is 9.76. The van der Waals surface area contributed by atoms with Gasteiger partial charge in [-0.2, -0.15) is 0 Å². The molecule has 1 aromatic rings. The lowest BCUT2D eigenvalue weighted by atomic mass is 10.2. The van der Waals surface area contributed by atoms with Gasteiger partial charge in [-0.3, -0.25) is 0 Å². The zero-order valence-corrected chi connectivity index (χ0v) is 10.0. The van der Waals surface area contributed by atoms with Crippen LogP contribution < -0.4 is 10.6 Å². The molecule has 92 valence electrons. The van der Waals surface area contributed by atoms with Crippen LogP contribution in [-0.2, 0) is 0 Å². The lowest BCUT2D eigenvalue weighted by Crippen LogP contribution is -2.30. The maximum atomic E-state index is 11.4. The van der Waals surface area contributed by atoms with Gasteiger partial charge < -0.3 is 15.7 Å². The molecular formula is C11H13ClN2O3. The summed E-state index contributed by atoms with van der Waals surface area (Å²) in [5.41, 5.74) is 0.0689. The summed E-state index contributed by atoms with van der Waals surface area (Å²) in [5.74, 6) is -1.14. The van der Waals surface area contributed by atoms with E-state index in [2.05, 4.69) is 10.6 Å². The molecule has 0 atom stereocenters. The Morgan fingerprint density at radius 1 is 1.41 bits per heavy atom. The average molecular weight is 257 g/mol. The van der Waals surface area contributed by atoms with Gasteiger partial charge in [0.2, 0.25) is 0 Å². The van der Waals surface area contributed by atoms with Crippen molar-refractivity contribution in [3.05, 3.63) is 28.8 Å². The van der Waals surface area contributed by atoms with Gasteiger partial charge in [0, 0.05) is 6.54 Å². The fourth-order valence-corrected chi connectivity index (χ4v) is 1.45. The minimum Gasteiger partial charge on any atom is -0.478 e. The minimum atomic E-state index is -1.14. The largest absolute Gasteiger partial charge is 0.478 e. The summed E-state index contributed by atoms with van der Waals surface area (Å²) in [6.07, 6.45) is 0.793. The molecule has 0 fully saturated rings. The fourth-order valence-electron chi connectivity index (χ4n) is 1.23. The van der Waals surface area contributed by atoms with E-state index in [1.54, 1.807) is 0 Å². The molecule has 0 unspecified atom stereocenters. The summed E-state index contributed by atoms with van der Waals surface area (Å²) in [6, 6.07) is 3.94. The number of aromatic carboxylic acids is 1. The summed E-state index contributed by atoms with van der Waals surface area (Å²) >= 11 is 5.85. The van der Waals surface area contributed by atoms with Gasteiger partial charge in [0.25, 0.3) is 0 Å². The Kier molecular flexibility index (Phi) is 4.78. The van der Waals surface area contributed by atoms with Gasteiger partial charge in [-0.15, -0.1) is 0 Å². The van der Waals surface area contributed by atoms with Gasteiger partial charge in [-0.05, 0) is 18.6 Å². The van der Waals surface area contributed by atoms with Gasteiger partial charge in [0.05, 0.1) is 16.3 Å². The molecule has 0 bridgehead atoms. The molecular weight excluding hydrogens is 244 g/mol. The third-order valence-corrected chi connectivity index (χ3v) is 2.33. The second kappa shape index (κ2) is 6.10. The number of halogens is 1. The van der Waals surface area contributed by atoms with E-state index in [9.17, 15) is 9.59 Å². The third-order valence-electron chi connectivity index (χ3n) is 2.02. The first-order valence-corrected chi connectivity index (χ1v) is 5.50. The highest BCUT2D eigenvalue weighted by atomic mass is 35.5. The highest BCUT2D eigenvalue weighted by molar-refractivity contribution is 6.34. The molecule has 0 heterocycles. The molecule has 0 aromatic heterocycles. The molecule has 0 aliphatic rings. The smallest absolute Gasteiger partial charge is 0.337 e. The Labute approximate surface area is 104 Å². The molecule has 6 heteroatoms. The standard InChI is InChI=1S/C11H13ClN2O3/c1-2-6-13-11(17)14-9-7(10(15)16)4-3-5-8(9)12/h3-5H,2,6H2,1H3,(H,15,16)(H2,13,14,17). The number of hydrogen-bond acceptors (Lipinski definition) is 2. The van der Waals surface area contributed by atoms with Crippen LogP contribution in [0.15, 0.2) is 18.2 Å². The zero-order chi connectivity index (χ0) is 12.8. The predicted molar refractivity (Wildman–Crippen MR) is 65.7 cm³/mol.